The van der Waals surface area contributed by atoms with Crippen LogP contribution in [0, 0.1) is 18.3 Å². The number of imidazole rings is 1. The van der Waals surface area contributed by atoms with Crippen LogP contribution in [0.15, 0.2) is 54.6 Å². The topological polar surface area (TPSA) is 62.7 Å². The van der Waals surface area contributed by atoms with Gasteiger partial charge in [-0.2, -0.15) is 10.4 Å². The van der Waals surface area contributed by atoms with Crippen molar-refractivity contribution in [3.05, 3.63) is 71.7 Å². The van der Waals surface area contributed by atoms with E-state index in [-0.39, 0.29) is 6.04 Å². The van der Waals surface area contributed by atoms with Crippen molar-refractivity contribution in [1.29, 1.82) is 5.26 Å². The first kappa shape index (κ1) is 18.2. The van der Waals surface area contributed by atoms with Crippen molar-refractivity contribution in [3.63, 3.8) is 0 Å². The number of hydrogen-bond donors (Lipinski definition) is 0. The summed E-state index contributed by atoms with van der Waals surface area (Å²) in [5.74, 6) is 2.02. The van der Waals surface area contributed by atoms with Gasteiger partial charge in [0.25, 0.3) is 0 Å². The molecule has 1 saturated heterocycles. The number of anilines is 1. The minimum absolute atomic E-state index is 0.0825. The van der Waals surface area contributed by atoms with Crippen molar-refractivity contribution in [2.75, 3.05) is 11.4 Å². The highest BCUT2D eigenvalue weighted by Gasteiger charge is 2.54. The second-order valence-corrected chi connectivity index (χ2v) is 8.73. The van der Waals surface area contributed by atoms with Gasteiger partial charge in [-0.1, -0.05) is 30.3 Å². The van der Waals surface area contributed by atoms with Crippen LogP contribution in [0.5, 0.6) is 0 Å². The summed E-state index contributed by atoms with van der Waals surface area (Å²) in [4.78, 5) is 7.42. The third-order valence-corrected chi connectivity index (χ3v) is 7.09. The zero-order valence-corrected chi connectivity index (χ0v) is 17.8. The molecule has 0 spiro atoms. The van der Waals surface area contributed by atoms with Crippen LogP contribution in [0.1, 0.15) is 29.9 Å². The highest BCUT2D eigenvalue weighted by atomic mass is 15.4. The van der Waals surface area contributed by atoms with E-state index >= 15 is 0 Å². The van der Waals surface area contributed by atoms with E-state index in [1.165, 1.54) is 0 Å². The van der Waals surface area contributed by atoms with Gasteiger partial charge < -0.3 is 9.47 Å². The molecular weight excluding hydrogens is 384 g/mol. The van der Waals surface area contributed by atoms with Gasteiger partial charge in [-0.05, 0) is 44.0 Å². The number of hydrogen-bond acceptors (Lipinski definition) is 4. The van der Waals surface area contributed by atoms with Crippen LogP contribution < -0.4 is 4.90 Å². The summed E-state index contributed by atoms with van der Waals surface area (Å²) in [7, 11) is 2.04. The molecule has 0 aliphatic carbocycles. The molecule has 0 bridgehead atoms. The Morgan fingerprint density at radius 1 is 1.10 bits per heavy atom. The number of rotatable bonds is 2. The molecule has 2 aromatic heterocycles. The minimum atomic E-state index is -0.702. The quantitative estimate of drug-likeness (QED) is 0.502. The molecular formula is C25H24N6. The van der Waals surface area contributed by atoms with Crippen LogP contribution in [-0.4, -0.2) is 31.9 Å². The number of fused-ring (bicyclic) bond motifs is 4. The van der Waals surface area contributed by atoms with Crippen molar-refractivity contribution in [2.45, 2.75) is 37.6 Å². The summed E-state index contributed by atoms with van der Waals surface area (Å²) in [6.07, 6.45) is 2.68. The third kappa shape index (κ3) is 2.37. The molecule has 2 aliphatic heterocycles. The Morgan fingerprint density at radius 2 is 1.87 bits per heavy atom. The molecule has 154 valence electrons. The molecule has 6 heteroatoms. The van der Waals surface area contributed by atoms with Gasteiger partial charge in [-0.3, -0.25) is 0 Å². The van der Waals surface area contributed by atoms with E-state index in [4.69, 9.17) is 10.1 Å². The number of para-hydroxylation sites is 3. The SMILES string of the molecule is Cc1nn(-c2ccccc2)c2c1CC(C#N)(c1nc3ccccc3n1C)C1CCCN21. The average Bonchev–Trinajstić information content (AvgIpc) is 3.51. The van der Waals surface area contributed by atoms with Crippen molar-refractivity contribution in [3.8, 4) is 11.8 Å². The number of benzene rings is 2. The monoisotopic (exact) mass is 408 g/mol. The van der Waals surface area contributed by atoms with E-state index < -0.39 is 5.41 Å². The molecule has 2 aromatic carbocycles. The molecule has 4 aromatic rings. The molecule has 2 aliphatic rings. The number of nitriles is 1. The summed E-state index contributed by atoms with van der Waals surface area (Å²) in [5, 5.41) is 15.6. The molecule has 2 unspecified atom stereocenters. The second kappa shape index (κ2) is 6.45. The number of nitrogens with zero attached hydrogens (tertiary/aromatic N) is 6. The summed E-state index contributed by atoms with van der Waals surface area (Å²) >= 11 is 0. The third-order valence-electron chi connectivity index (χ3n) is 7.09. The van der Waals surface area contributed by atoms with Crippen LogP contribution in [-0.2, 0) is 18.9 Å². The fraction of sp³-hybridized carbons (Fsp3) is 0.320. The Balaban J connectivity index is 1.59. The van der Waals surface area contributed by atoms with Gasteiger partial charge in [0.1, 0.15) is 17.1 Å². The van der Waals surface area contributed by atoms with Crippen molar-refractivity contribution < 1.29 is 0 Å². The number of aromatic nitrogens is 4. The Hall–Kier alpha value is -3.59. The largest absolute Gasteiger partial charge is 0.351 e. The van der Waals surface area contributed by atoms with Crippen LogP contribution >= 0.6 is 0 Å². The highest BCUT2D eigenvalue weighted by Crippen LogP contribution is 2.48. The predicted molar refractivity (Wildman–Crippen MR) is 120 cm³/mol. The lowest BCUT2D eigenvalue weighted by molar-refractivity contribution is 0.380. The zero-order chi connectivity index (χ0) is 21.2. The Morgan fingerprint density at radius 3 is 2.65 bits per heavy atom. The first-order chi connectivity index (χ1) is 15.1. The normalized spacial score (nSPS) is 22.4. The molecule has 0 saturated carbocycles. The number of aryl methyl sites for hydroxylation is 2. The molecule has 6 nitrogen and oxygen atoms in total. The molecule has 0 N–H and O–H groups in total. The van der Waals surface area contributed by atoms with E-state index in [2.05, 4.69) is 45.3 Å². The lowest BCUT2D eigenvalue weighted by Gasteiger charge is -2.43. The first-order valence-corrected chi connectivity index (χ1v) is 10.9. The maximum absolute atomic E-state index is 10.7. The van der Waals surface area contributed by atoms with Crippen LogP contribution in [0.4, 0.5) is 5.82 Å². The van der Waals surface area contributed by atoms with E-state index in [0.717, 1.165) is 59.0 Å². The highest BCUT2D eigenvalue weighted by molar-refractivity contribution is 5.77. The summed E-state index contributed by atoms with van der Waals surface area (Å²) in [6.45, 7) is 2.99. The van der Waals surface area contributed by atoms with Gasteiger partial charge in [-0.15, -0.1) is 0 Å². The maximum atomic E-state index is 10.7. The average molecular weight is 409 g/mol. The maximum Gasteiger partial charge on any atom is 0.139 e. The van der Waals surface area contributed by atoms with Gasteiger partial charge in [0.2, 0.25) is 0 Å². The standard InChI is InChI=1S/C25H24N6/c1-17-19-15-25(16-26,24-27-20-11-6-7-12-21(20)29(24)2)22-13-8-14-30(22)23(19)31(28-17)18-9-4-3-5-10-18/h3-7,9-12,22H,8,13-15H2,1-2H3. The first-order valence-electron chi connectivity index (χ1n) is 10.9. The molecule has 0 amide bonds. The molecule has 2 atom stereocenters. The Kier molecular flexibility index (Phi) is 3.79. The molecule has 4 heterocycles. The molecule has 0 radical (unpaired) electrons. The van der Waals surface area contributed by atoms with E-state index in [9.17, 15) is 5.26 Å². The Bertz CT molecular complexity index is 1340. The van der Waals surface area contributed by atoms with Crippen LogP contribution in [0.3, 0.4) is 0 Å². The lowest BCUT2D eigenvalue weighted by atomic mass is 9.72. The summed E-state index contributed by atoms with van der Waals surface area (Å²) in [5.41, 5.74) is 4.52. The predicted octanol–water partition coefficient (Wildman–Crippen LogP) is 4.05. The van der Waals surface area contributed by atoms with Gasteiger partial charge in [0.15, 0.2) is 0 Å². The fourth-order valence-electron chi connectivity index (χ4n) is 5.66. The van der Waals surface area contributed by atoms with Crippen LogP contribution in [0.2, 0.25) is 0 Å². The van der Waals surface area contributed by atoms with E-state index in [1.807, 2.05) is 43.4 Å². The van der Waals surface area contributed by atoms with Crippen molar-refractivity contribution in [1.82, 2.24) is 19.3 Å². The van der Waals surface area contributed by atoms with Gasteiger partial charge in [0.05, 0.1) is 34.5 Å². The van der Waals surface area contributed by atoms with E-state index in [0.29, 0.717) is 6.42 Å². The van der Waals surface area contributed by atoms with Gasteiger partial charge >= 0.3 is 0 Å². The summed E-state index contributed by atoms with van der Waals surface area (Å²) < 4.78 is 4.19. The van der Waals surface area contributed by atoms with Crippen molar-refractivity contribution >= 4 is 16.9 Å². The molecule has 1 fully saturated rings. The van der Waals surface area contributed by atoms with Gasteiger partial charge in [0, 0.05) is 25.6 Å². The van der Waals surface area contributed by atoms with Gasteiger partial charge in [-0.25, -0.2) is 9.67 Å². The smallest absolute Gasteiger partial charge is 0.139 e. The zero-order valence-electron chi connectivity index (χ0n) is 17.8. The lowest BCUT2D eigenvalue weighted by Crippen LogP contribution is -2.53. The Labute approximate surface area is 181 Å². The van der Waals surface area contributed by atoms with Crippen molar-refractivity contribution in [2.24, 2.45) is 7.05 Å². The molecule has 6 rings (SSSR count). The fourth-order valence-corrected chi connectivity index (χ4v) is 5.66. The van der Waals surface area contributed by atoms with E-state index in [1.54, 1.807) is 0 Å². The summed E-state index contributed by atoms with van der Waals surface area (Å²) in [6, 6.07) is 21.3. The second-order valence-electron chi connectivity index (χ2n) is 8.73. The van der Waals surface area contributed by atoms with Crippen LogP contribution in [0.25, 0.3) is 16.7 Å². The molecule has 31 heavy (non-hydrogen) atoms. The minimum Gasteiger partial charge on any atom is -0.351 e.